The lowest BCUT2D eigenvalue weighted by molar-refractivity contribution is 0.122. The number of halogens is 2. The van der Waals surface area contributed by atoms with Gasteiger partial charge >= 0.3 is 0 Å². The Balaban J connectivity index is 2.04. The number of anilines is 1. The van der Waals surface area contributed by atoms with E-state index in [9.17, 15) is 4.39 Å². The third-order valence-corrected chi connectivity index (χ3v) is 2.88. The summed E-state index contributed by atoms with van der Waals surface area (Å²) < 4.78 is 20.4. The zero-order chi connectivity index (χ0) is 11.8. The summed E-state index contributed by atoms with van der Waals surface area (Å²) in [5, 5.41) is 3.95. The van der Waals surface area contributed by atoms with Gasteiger partial charge in [0.2, 0.25) is 5.28 Å². The van der Waals surface area contributed by atoms with E-state index in [0.29, 0.717) is 13.2 Å². The zero-order valence-electron chi connectivity index (χ0n) is 8.94. The van der Waals surface area contributed by atoms with Gasteiger partial charge in [-0.1, -0.05) is 0 Å². The van der Waals surface area contributed by atoms with Crippen LogP contribution in [0, 0.1) is 5.82 Å². The minimum Gasteiger partial charge on any atom is -0.378 e. The molecule has 3 heterocycles. The fourth-order valence-electron chi connectivity index (χ4n) is 1.90. The third kappa shape index (κ3) is 1.94. The van der Waals surface area contributed by atoms with Crippen molar-refractivity contribution in [2.45, 2.75) is 0 Å². The van der Waals surface area contributed by atoms with Crippen LogP contribution < -0.4 is 4.90 Å². The van der Waals surface area contributed by atoms with Crippen LogP contribution in [0.1, 0.15) is 0 Å². The average Bonchev–Trinajstić information content (AvgIpc) is 2.71. The molecule has 0 bridgehead atoms. The molecule has 1 aliphatic rings. The molecule has 0 N–H and O–H groups in total. The number of hydrogen-bond acceptors (Lipinski definition) is 4. The Morgan fingerprint density at radius 2 is 2.12 bits per heavy atom. The number of morpholine rings is 1. The number of nitrogens with zero attached hydrogens (tertiary/aromatic N) is 4. The van der Waals surface area contributed by atoms with E-state index in [0.717, 1.165) is 18.8 Å². The molecular formula is C10H10ClFN4O. The van der Waals surface area contributed by atoms with E-state index in [1.165, 1.54) is 10.6 Å². The monoisotopic (exact) mass is 256 g/mol. The highest BCUT2D eigenvalue weighted by Gasteiger charge is 2.15. The molecule has 1 saturated heterocycles. The quantitative estimate of drug-likeness (QED) is 0.773. The van der Waals surface area contributed by atoms with Crippen molar-refractivity contribution in [3.8, 4) is 0 Å². The lowest BCUT2D eigenvalue weighted by Crippen LogP contribution is -2.36. The molecule has 0 amide bonds. The number of aromatic nitrogens is 3. The van der Waals surface area contributed by atoms with Gasteiger partial charge < -0.3 is 9.64 Å². The van der Waals surface area contributed by atoms with Crippen molar-refractivity contribution < 1.29 is 9.13 Å². The summed E-state index contributed by atoms with van der Waals surface area (Å²) in [6.45, 7) is 2.79. The molecule has 2 aromatic rings. The van der Waals surface area contributed by atoms with Gasteiger partial charge in [-0.15, -0.1) is 5.10 Å². The summed E-state index contributed by atoms with van der Waals surface area (Å²) >= 11 is 5.65. The second kappa shape index (κ2) is 4.12. The molecule has 2 aromatic heterocycles. The first-order chi connectivity index (χ1) is 8.24. The molecule has 7 heteroatoms. The van der Waals surface area contributed by atoms with Crippen molar-refractivity contribution in [2.75, 3.05) is 31.2 Å². The van der Waals surface area contributed by atoms with Crippen LogP contribution in [0.3, 0.4) is 0 Å². The Morgan fingerprint density at radius 1 is 1.35 bits per heavy atom. The van der Waals surface area contributed by atoms with Gasteiger partial charge in [0.1, 0.15) is 0 Å². The number of ether oxygens (including phenoxy) is 1. The maximum Gasteiger partial charge on any atom is 0.243 e. The lowest BCUT2D eigenvalue weighted by atomic mass is 10.3. The van der Waals surface area contributed by atoms with Crippen molar-refractivity contribution in [1.29, 1.82) is 0 Å². The van der Waals surface area contributed by atoms with Crippen LogP contribution >= 0.6 is 11.6 Å². The Labute approximate surface area is 102 Å². The molecule has 90 valence electrons. The summed E-state index contributed by atoms with van der Waals surface area (Å²) in [5.41, 5.74) is 0.909. The number of fused-ring (bicyclic) bond motifs is 1. The molecule has 0 radical (unpaired) electrons. The van der Waals surface area contributed by atoms with Gasteiger partial charge in [0.25, 0.3) is 0 Å². The Kier molecular flexibility index (Phi) is 2.60. The van der Waals surface area contributed by atoms with Gasteiger partial charge in [-0.25, -0.2) is 8.91 Å². The predicted octanol–water partition coefficient (Wildman–Crippen LogP) is 1.36. The molecule has 0 spiro atoms. The van der Waals surface area contributed by atoms with E-state index in [2.05, 4.69) is 10.1 Å². The van der Waals surface area contributed by atoms with Crippen molar-refractivity contribution in [3.05, 3.63) is 23.4 Å². The highest BCUT2D eigenvalue weighted by atomic mass is 35.5. The van der Waals surface area contributed by atoms with E-state index >= 15 is 0 Å². The molecule has 5 nitrogen and oxygen atoms in total. The molecule has 1 aliphatic heterocycles. The molecule has 17 heavy (non-hydrogen) atoms. The molecule has 3 rings (SSSR count). The molecular weight excluding hydrogens is 247 g/mol. The number of pyridine rings is 1. The number of rotatable bonds is 1. The first kappa shape index (κ1) is 10.7. The van der Waals surface area contributed by atoms with Gasteiger partial charge in [-0.05, 0) is 11.6 Å². The maximum atomic E-state index is 13.8. The number of hydrogen-bond donors (Lipinski definition) is 0. The predicted molar refractivity (Wildman–Crippen MR) is 61.0 cm³/mol. The van der Waals surface area contributed by atoms with E-state index in [-0.39, 0.29) is 10.9 Å². The standard InChI is InChI=1S/C10H10ClFN4O/c11-10-13-9-8(12)5-7(6-16(9)14-10)15-1-3-17-4-2-15/h5-6H,1-4H2. The first-order valence-electron chi connectivity index (χ1n) is 5.28. The summed E-state index contributed by atoms with van der Waals surface area (Å²) in [6.07, 6.45) is 1.72. The summed E-state index contributed by atoms with van der Waals surface area (Å²) in [5.74, 6) is -0.423. The van der Waals surface area contributed by atoms with E-state index in [4.69, 9.17) is 16.3 Å². The van der Waals surface area contributed by atoms with Crippen LogP contribution in [-0.2, 0) is 4.74 Å². The maximum absolute atomic E-state index is 13.8. The topological polar surface area (TPSA) is 42.7 Å². The van der Waals surface area contributed by atoms with Crippen LogP contribution in [0.2, 0.25) is 5.28 Å². The van der Waals surface area contributed by atoms with Crippen LogP contribution in [-0.4, -0.2) is 40.9 Å². The van der Waals surface area contributed by atoms with Crippen molar-refractivity contribution >= 4 is 22.9 Å². The highest BCUT2D eigenvalue weighted by molar-refractivity contribution is 6.28. The Bertz CT molecular complexity index is 552. The summed E-state index contributed by atoms with van der Waals surface area (Å²) in [7, 11) is 0. The van der Waals surface area contributed by atoms with E-state index < -0.39 is 5.82 Å². The average molecular weight is 257 g/mol. The van der Waals surface area contributed by atoms with Gasteiger partial charge in [0.15, 0.2) is 11.5 Å². The molecule has 0 aliphatic carbocycles. The van der Waals surface area contributed by atoms with Gasteiger partial charge in [0.05, 0.1) is 25.1 Å². The van der Waals surface area contributed by atoms with Crippen LogP contribution in [0.25, 0.3) is 5.65 Å². The summed E-state index contributed by atoms with van der Waals surface area (Å²) in [6, 6.07) is 1.45. The normalized spacial score (nSPS) is 16.7. The largest absolute Gasteiger partial charge is 0.378 e. The second-order valence-corrected chi connectivity index (χ2v) is 4.13. The lowest BCUT2D eigenvalue weighted by Gasteiger charge is -2.28. The van der Waals surface area contributed by atoms with E-state index in [1.807, 2.05) is 4.90 Å². The fraction of sp³-hybridized carbons (Fsp3) is 0.400. The Morgan fingerprint density at radius 3 is 2.88 bits per heavy atom. The molecule has 0 aromatic carbocycles. The van der Waals surface area contributed by atoms with Gasteiger partial charge in [-0.3, -0.25) is 0 Å². The molecule has 1 fully saturated rings. The van der Waals surface area contributed by atoms with E-state index in [1.54, 1.807) is 6.20 Å². The fourth-order valence-corrected chi connectivity index (χ4v) is 2.06. The van der Waals surface area contributed by atoms with Crippen molar-refractivity contribution in [3.63, 3.8) is 0 Å². The molecule has 0 saturated carbocycles. The SMILES string of the molecule is Fc1cc(N2CCOCC2)cn2nc(Cl)nc12. The minimum atomic E-state index is -0.423. The van der Waals surface area contributed by atoms with Crippen LogP contribution in [0.15, 0.2) is 12.3 Å². The second-order valence-electron chi connectivity index (χ2n) is 3.79. The van der Waals surface area contributed by atoms with Crippen LogP contribution in [0.5, 0.6) is 0 Å². The molecule has 0 atom stereocenters. The van der Waals surface area contributed by atoms with Crippen molar-refractivity contribution in [2.24, 2.45) is 0 Å². The zero-order valence-corrected chi connectivity index (χ0v) is 9.69. The first-order valence-corrected chi connectivity index (χ1v) is 5.66. The highest BCUT2D eigenvalue weighted by Crippen LogP contribution is 2.20. The summed E-state index contributed by atoms with van der Waals surface area (Å²) in [4.78, 5) is 5.84. The van der Waals surface area contributed by atoms with Gasteiger partial charge in [-0.2, -0.15) is 4.98 Å². The third-order valence-electron chi connectivity index (χ3n) is 2.72. The smallest absolute Gasteiger partial charge is 0.243 e. The Hall–Kier alpha value is -1.40. The van der Waals surface area contributed by atoms with Gasteiger partial charge in [0, 0.05) is 19.2 Å². The van der Waals surface area contributed by atoms with Crippen LogP contribution in [0.4, 0.5) is 10.1 Å². The molecule has 0 unspecified atom stereocenters. The van der Waals surface area contributed by atoms with Crippen molar-refractivity contribution in [1.82, 2.24) is 14.6 Å². The minimum absolute atomic E-state index is 0.0445.